The number of nitrogens with one attached hydrogen (secondary N) is 1. The Labute approximate surface area is 126 Å². The Morgan fingerprint density at radius 2 is 1.50 bits per heavy atom. The molecule has 0 spiro atoms. The van der Waals surface area contributed by atoms with Crippen molar-refractivity contribution in [1.82, 2.24) is 0 Å². The van der Waals surface area contributed by atoms with Gasteiger partial charge in [0.2, 0.25) is 0 Å². The summed E-state index contributed by atoms with van der Waals surface area (Å²) in [6, 6.07) is 8.71. The highest BCUT2D eigenvalue weighted by atomic mass is 35.6. The van der Waals surface area contributed by atoms with Crippen LogP contribution in [0.25, 0.3) is 0 Å². The van der Waals surface area contributed by atoms with Crippen LogP contribution in [0, 0.1) is 16.1 Å². The third kappa shape index (κ3) is 60.0. The fourth-order valence-electron chi connectivity index (χ4n) is 0.428. The number of nitriles is 1. The number of benzene rings is 1. The molecule has 102 valence electrons. The van der Waals surface area contributed by atoms with Gasteiger partial charge in [-0.3, -0.25) is 5.41 Å². The molecule has 1 aromatic rings. The van der Waals surface area contributed by atoms with E-state index in [4.69, 9.17) is 50.6 Å². The van der Waals surface area contributed by atoms with Gasteiger partial charge in [-0.1, -0.05) is 65.6 Å². The molecular formula is C9H13Cl3N4OS. The molecule has 0 heterocycles. The van der Waals surface area contributed by atoms with Gasteiger partial charge in [-0.15, -0.1) is 0 Å². The lowest BCUT2D eigenvalue weighted by Crippen LogP contribution is -2.20. The van der Waals surface area contributed by atoms with Gasteiger partial charge < -0.3 is 16.6 Å². The summed E-state index contributed by atoms with van der Waals surface area (Å²) in [6.45, 7) is 0. The number of phenols is 1. The van der Waals surface area contributed by atoms with E-state index in [-0.39, 0.29) is 5.96 Å². The Balaban J connectivity index is -0.000000180. The molecule has 0 aliphatic rings. The summed E-state index contributed by atoms with van der Waals surface area (Å²) in [4.78, 5) is 0. The van der Waals surface area contributed by atoms with Crippen molar-refractivity contribution in [3.63, 3.8) is 0 Å². The molecular weight excluding hydrogens is 319 g/mol. The average molecular weight is 332 g/mol. The summed E-state index contributed by atoms with van der Waals surface area (Å²) in [5.41, 5.74) is 8.94. The third-order valence-electron chi connectivity index (χ3n) is 0.756. The van der Waals surface area contributed by atoms with Crippen molar-refractivity contribution in [2.24, 2.45) is 11.5 Å². The highest BCUT2D eigenvalue weighted by molar-refractivity contribution is 7.85. The number of hydrogen-bond acceptors (Lipinski definition) is 4. The van der Waals surface area contributed by atoms with Gasteiger partial charge in [-0.05, 0) is 12.1 Å². The average Bonchev–Trinajstić information content (AvgIpc) is 2.18. The smallest absolute Gasteiger partial charge is 0.183 e. The zero-order valence-electron chi connectivity index (χ0n) is 9.09. The number of guanidine groups is 1. The zero-order chi connectivity index (χ0) is 15.0. The molecule has 0 saturated carbocycles. The maximum atomic E-state index is 8.63. The van der Waals surface area contributed by atoms with Crippen molar-refractivity contribution < 1.29 is 5.11 Å². The van der Waals surface area contributed by atoms with Crippen molar-refractivity contribution >= 4 is 53.4 Å². The van der Waals surface area contributed by atoms with E-state index in [1.807, 2.05) is 6.07 Å². The van der Waals surface area contributed by atoms with Gasteiger partial charge in [-0.2, -0.15) is 5.26 Å². The summed E-state index contributed by atoms with van der Waals surface area (Å²) in [7, 11) is 0. The summed E-state index contributed by atoms with van der Waals surface area (Å²) in [5, 5.41) is 23.3. The fourth-order valence-corrected chi connectivity index (χ4v) is 0.428. The molecule has 0 saturated heterocycles. The number of hydrogen-bond donors (Lipinski definition) is 5. The topological polar surface area (TPSA) is 120 Å². The van der Waals surface area contributed by atoms with E-state index in [0.717, 1.165) is 0 Å². The molecule has 0 atom stereocenters. The van der Waals surface area contributed by atoms with Crippen molar-refractivity contribution in [1.29, 1.82) is 10.7 Å². The summed E-state index contributed by atoms with van der Waals surface area (Å²) in [5.74, 6) is -0.0116. The van der Waals surface area contributed by atoms with Gasteiger partial charge >= 0.3 is 0 Å². The van der Waals surface area contributed by atoms with Crippen molar-refractivity contribution in [2.45, 2.75) is 4.30 Å². The van der Waals surface area contributed by atoms with Crippen molar-refractivity contribution in [3.8, 4) is 11.2 Å². The first-order chi connectivity index (χ1) is 8.27. The van der Waals surface area contributed by atoms with Crippen LogP contribution in [0.15, 0.2) is 30.3 Å². The predicted molar refractivity (Wildman–Crippen MR) is 80.2 cm³/mol. The maximum Gasteiger partial charge on any atom is 0.183 e. The molecule has 0 amide bonds. The van der Waals surface area contributed by atoms with Gasteiger partial charge in [0.1, 0.15) is 11.2 Å². The normalized spacial score (nSPS) is 7.11. The van der Waals surface area contributed by atoms with E-state index >= 15 is 0 Å². The zero-order valence-corrected chi connectivity index (χ0v) is 12.3. The van der Waals surface area contributed by atoms with Gasteiger partial charge in [0, 0.05) is 0 Å². The lowest BCUT2D eigenvalue weighted by atomic mass is 10.3. The number of nitrogens with two attached hydrogens (primary N) is 2. The molecule has 6 N–H and O–H groups in total. The highest BCUT2D eigenvalue weighted by Gasteiger charge is 1.79. The first kappa shape index (κ1) is 22.2. The molecule has 18 heavy (non-hydrogen) atoms. The van der Waals surface area contributed by atoms with Crippen molar-refractivity contribution in [3.05, 3.63) is 30.3 Å². The number of thiol groups is 1. The van der Waals surface area contributed by atoms with E-state index in [1.165, 1.54) is 5.40 Å². The SMILES string of the molecule is ClC(Cl)Cl.N#CS.N=C(N)N.Oc1ccccc1. The Morgan fingerprint density at radius 3 is 1.61 bits per heavy atom. The Morgan fingerprint density at radius 1 is 1.28 bits per heavy atom. The summed E-state index contributed by atoms with van der Waals surface area (Å²) in [6.07, 6.45) is 0. The van der Waals surface area contributed by atoms with Crippen LogP contribution in [0.5, 0.6) is 5.75 Å². The molecule has 0 aliphatic heterocycles. The van der Waals surface area contributed by atoms with E-state index in [0.29, 0.717) is 5.75 Å². The highest BCUT2D eigenvalue weighted by Crippen LogP contribution is 2.03. The molecule has 0 fully saturated rings. The minimum Gasteiger partial charge on any atom is -0.508 e. The third-order valence-corrected chi connectivity index (χ3v) is 0.756. The lowest BCUT2D eigenvalue weighted by molar-refractivity contribution is 0.475. The Bertz CT molecular complexity index is 326. The molecule has 5 nitrogen and oxygen atoms in total. The standard InChI is InChI=1S/C6H6O.CHCl3.CH5N3.CHNS/c7-6-4-2-1-3-5-6;2*2-1(3)4;2-1-3/h1-5,7H;1H;(H5,2,3,4);3H. The van der Waals surface area contributed by atoms with E-state index < -0.39 is 4.30 Å². The number of alkyl halides is 3. The Kier molecular flexibility index (Phi) is 22.7. The number of nitrogens with zero attached hydrogens (tertiary/aromatic N) is 1. The molecule has 0 aromatic heterocycles. The first-order valence-electron chi connectivity index (χ1n) is 4.06. The van der Waals surface area contributed by atoms with Crippen LogP contribution < -0.4 is 11.5 Å². The van der Waals surface area contributed by atoms with Crippen LogP contribution in [0.4, 0.5) is 0 Å². The number of para-hydroxylation sites is 1. The van der Waals surface area contributed by atoms with Crippen LogP contribution in [0.3, 0.4) is 0 Å². The fraction of sp³-hybridized carbons (Fsp3) is 0.111. The monoisotopic (exact) mass is 330 g/mol. The molecule has 0 bridgehead atoms. The van der Waals surface area contributed by atoms with Gasteiger partial charge in [0.15, 0.2) is 10.3 Å². The molecule has 9 heteroatoms. The van der Waals surface area contributed by atoms with Gasteiger partial charge in [0.05, 0.1) is 0 Å². The second-order valence-electron chi connectivity index (χ2n) is 2.14. The molecule has 1 aromatic carbocycles. The first-order valence-corrected chi connectivity index (χ1v) is 5.82. The predicted octanol–water partition coefficient (Wildman–Crippen LogP) is 2.61. The largest absolute Gasteiger partial charge is 0.508 e. The van der Waals surface area contributed by atoms with Crippen LogP contribution >= 0.6 is 47.4 Å². The maximum absolute atomic E-state index is 8.63. The van der Waals surface area contributed by atoms with Gasteiger partial charge in [-0.25, -0.2) is 0 Å². The quantitative estimate of drug-likeness (QED) is 0.165. The molecule has 1 rings (SSSR count). The number of aromatic hydroxyl groups is 1. The number of rotatable bonds is 0. The minimum absolute atomic E-state index is 0.322. The van der Waals surface area contributed by atoms with Crippen LogP contribution in [0.2, 0.25) is 0 Å². The second kappa shape index (κ2) is 18.4. The molecule has 0 aliphatic carbocycles. The van der Waals surface area contributed by atoms with Crippen molar-refractivity contribution in [2.75, 3.05) is 0 Å². The second-order valence-corrected chi connectivity index (χ2v) is 4.32. The van der Waals surface area contributed by atoms with E-state index in [9.17, 15) is 0 Å². The molecule has 0 radical (unpaired) electrons. The van der Waals surface area contributed by atoms with Crippen LogP contribution in [-0.4, -0.2) is 15.4 Å². The Hall–Kier alpha value is -1.00. The van der Waals surface area contributed by atoms with Gasteiger partial charge in [0.25, 0.3) is 0 Å². The number of thiocyanates is 1. The van der Waals surface area contributed by atoms with Crippen LogP contribution in [0.1, 0.15) is 0 Å². The summed E-state index contributed by atoms with van der Waals surface area (Å²) >= 11 is 17.5. The minimum atomic E-state index is -0.750. The van der Waals surface area contributed by atoms with E-state index in [1.54, 1.807) is 24.3 Å². The molecule has 0 unspecified atom stereocenters. The van der Waals surface area contributed by atoms with Crippen LogP contribution in [-0.2, 0) is 0 Å². The number of halogens is 3. The lowest BCUT2D eigenvalue weighted by Gasteiger charge is -1.82. The number of phenolic OH excluding ortho intramolecular Hbond substituents is 1. The summed E-state index contributed by atoms with van der Waals surface area (Å²) < 4.78 is -0.750. The van der Waals surface area contributed by atoms with E-state index in [2.05, 4.69) is 24.1 Å².